The first-order valence-electron chi connectivity index (χ1n) is 9.55. The van der Waals surface area contributed by atoms with Gasteiger partial charge in [-0.1, -0.05) is 12.1 Å². The molecule has 1 aromatic carbocycles. The molecule has 7 heteroatoms. The van der Waals surface area contributed by atoms with E-state index in [-0.39, 0.29) is 17.5 Å². The van der Waals surface area contributed by atoms with Crippen molar-refractivity contribution in [3.8, 4) is 5.75 Å². The molecule has 7 nitrogen and oxygen atoms in total. The highest BCUT2D eigenvalue weighted by Gasteiger charge is 2.28. The maximum Gasteiger partial charge on any atom is 0.321 e. The molecule has 1 saturated heterocycles. The summed E-state index contributed by atoms with van der Waals surface area (Å²) in [4.78, 5) is 28.7. The van der Waals surface area contributed by atoms with E-state index in [4.69, 9.17) is 4.74 Å². The zero-order valence-corrected chi connectivity index (χ0v) is 17.0. The Balaban J connectivity index is 1.89. The molecule has 1 atom stereocenters. The molecule has 0 spiro atoms. The van der Waals surface area contributed by atoms with Crippen LogP contribution in [0.15, 0.2) is 24.3 Å². The number of imide groups is 1. The van der Waals surface area contributed by atoms with Gasteiger partial charge in [-0.25, -0.2) is 4.79 Å². The second-order valence-electron chi connectivity index (χ2n) is 7.79. The first-order valence-corrected chi connectivity index (χ1v) is 9.55. The Morgan fingerprint density at radius 2 is 1.78 bits per heavy atom. The van der Waals surface area contributed by atoms with E-state index in [1.807, 2.05) is 52.8 Å². The lowest BCUT2D eigenvalue weighted by atomic mass is 10.1. The first kappa shape index (κ1) is 21.0. The van der Waals surface area contributed by atoms with Crippen LogP contribution in [0.4, 0.5) is 10.5 Å². The van der Waals surface area contributed by atoms with E-state index in [1.165, 1.54) is 0 Å². The third-order valence-electron chi connectivity index (χ3n) is 4.47. The molecular formula is C20H32N4O3. The van der Waals surface area contributed by atoms with Crippen molar-refractivity contribution in [2.24, 2.45) is 0 Å². The number of amides is 3. The lowest BCUT2D eigenvalue weighted by Gasteiger charge is -2.39. The van der Waals surface area contributed by atoms with Gasteiger partial charge in [0, 0.05) is 31.7 Å². The number of para-hydroxylation sites is 2. The zero-order valence-electron chi connectivity index (χ0n) is 17.0. The van der Waals surface area contributed by atoms with Crippen molar-refractivity contribution >= 4 is 17.6 Å². The minimum Gasteiger partial charge on any atom is -0.492 e. The summed E-state index contributed by atoms with van der Waals surface area (Å²) in [6, 6.07) is 7.21. The highest BCUT2D eigenvalue weighted by atomic mass is 16.5. The van der Waals surface area contributed by atoms with E-state index in [1.54, 1.807) is 0 Å². The predicted octanol–water partition coefficient (Wildman–Crippen LogP) is 2.22. The van der Waals surface area contributed by atoms with Gasteiger partial charge in [0.1, 0.15) is 5.75 Å². The molecule has 2 N–H and O–H groups in total. The number of carbonyl (C=O) groups is 2. The van der Waals surface area contributed by atoms with E-state index in [2.05, 4.69) is 26.5 Å². The van der Waals surface area contributed by atoms with Gasteiger partial charge >= 0.3 is 6.03 Å². The van der Waals surface area contributed by atoms with Gasteiger partial charge in [0.25, 0.3) is 0 Å². The Kier molecular flexibility index (Phi) is 7.07. The fourth-order valence-corrected chi connectivity index (χ4v) is 3.10. The van der Waals surface area contributed by atoms with E-state index in [0.29, 0.717) is 6.61 Å². The summed E-state index contributed by atoms with van der Waals surface area (Å²) in [5, 5.41) is 5.18. The maximum atomic E-state index is 12.4. The number of piperazine rings is 1. The normalized spacial score (nSPS) is 16.6. The van der Waals surface area contributed by atoms with Crippen molar-refractivity contribution in [2.45, 2.75) is 46.2 Å². The lowest BCUT2D eigenvalue weighted by Crippen LogP contribution is -2.56. The predicted molar refractivity (Wildman–Crippen MR) is 107 cm³/mol. The van der Waals surface area contributed by atoms with Crippen molar-refractivity contribution in [3.05, 3.63) is 24.3 Å². The van der Waals surface area contributed by atoms with Gasteiger partial charge in [0.15, 0.2) is 0 Å². The molecule has 0 unspecified atom stereocenters. The van der Waals surface area contributed by atoms with Gasteiger partial charge in [-0.15, -0.1) is 0 Å². The molecule has 1 aliphatic rings. The van der Waals surface area contributed by atoms with Crippen LogP contribution in [0.2, 0.25) is 0 Å². The molecule has 0 saturated carbocycles. The Morgan fingerprint density at radius 1 is 1.15 bits per heavy atom. The van der Waals surface area contributed by atoms with Gasteiger partial charge in [-0.3, -0.25) is 15.0 Å². The Morgan fingerprint density at radius 3 is 2.37 bits per heavy atom. The fraction of sp³-hybridized carbons (Fsp3) is 0.600. The van der Waals surface area contributed by atoms with Crippen LogP contribution >= 0.6 is 0 Å². The van der Waals surface area contributed by atoms with Crippen molar-refractivity contribution in [2.75, 3.05) is 37.7 Å². The highest BCUT2D eigenvalue weighted by Crippen LogP contribution is 2.29. The standard InChI is InChI=1S/C20H32N4O3/c1-6-27-17-10-8-7-9-16(17)24-13-11-23(12-14-24)15(2)18(25)21-19(26)22-20(3,4)5/h7-10,15H,6,11-14H2,1-5H3,(H2,21,22,25,26)/t15-/m0/s1. The number of hydrogen-bond acceptors (Lipinski definition) is 5. The largest absolute Gasteiger partial charge is 0.492 e. The van der Waals surface area contributed by atoms with Crippen LogP contribution < -0.4 is 20.3 Å². The number of carbonyl (C=O) groups excluding carboxylic acids is 2. The monoisotopic (exact) mass is 376 g/mol. The van der Waals surface area contributed by atoms with Crippen molar-refractivity contribution in [3.63, 3.8) is 0 Å². The van der Waals surface area contributed by atoms with Crippen LogP contribution in [0.3, 0.4) is 0 Å². The molecule has 0 bridgehead atoms. The van der Waals surface area contributed by atoms with Gasteiger partial charge in [-0.2, -0.15) is 0 Å². The van der Waals surface area contributed by atoms with Crippen LogP contribution in [0.5, 0.6) is 5.75 Å². The molecule has 0 aliphatic carbocycles. The molecule has 0 aromatic heterocycles. The van der Waals surface area contributed by atoms with Crippen LogP contribution in [-0.4, -0.2) is 61.2 Å². The summed E-state index contributed by atoms with van der Waals surface area (Å²) < 4.78 is 5.72. The third kappa shape index (κ3) is 6.13. The number of anilines is 1. The number of benzene rings is 1. The number of hydrogen-bond donors (Lipinski definition) is 2. The minimum absolute atomic E-state index is 0.278. The lowest BCUT2D eigenvalue weighted by molar-refractivity contribution is -0.124. The van der Waals surface area contributed by atoms with Crippen LogP contribution in [0.25, 0.3) is 0 Å². The number of ether oxygens (including phenoxy) is 1. The summed E-state index contributed by atoms with van der Waals surface area (Å²) >= 11 is 0. The van der Waals surface area contributed by atoms with Gasteiger partial charge in [0.05, 0.1) is 18.3 Å². The summed E-state index contributed by atoms with van der Waals surface area (Å²) in [5.41, 5.74) is 0.702. The van der Waals surface area contributed by atoms with E-state index in [0.717, 1.165) is 37.6 Å². The quantitative estimate of drug-likeness (QED) is 0.824. The van der Waals surface area contributed by atoms with Crippen LogP contribution in [0.1, 0.15) is 34.6 Å². The molecule has 1 aromatic rings. The Bertz CT molecular complexity index is 649. The Hall–Kier alpha value is -2.28. The zero-order chi connectivity index (χ0) is 20.0. The van der Waals surface area contributed by atoms with Gasteiger partial charge < -0.3 is 15.0 Å². The van der Waals surface area contributed by atoms with Gasteiger partial charge in [-0.05, 0) is 46.8 Å². The second-order valence-corrected chi connectivity index (χ2v) is 7.79. The average Bonchev–Trinajstić information content (AvgIpc) is 2.60. The van der Waals surface area contributed by atoms with Crippen molar-refractivity contribution in [1.29, 1.82) is 0 Å². The van der Waals surface area contributed by atoms with E-state index < -0.39 is 6.03 Å². The first-order chi connectivity index (χ1) is 12.7. The molecule has 1 fully saturated rings. The maximum absolute atomic E-state index is 12.4. The SMILES string of the molecule is CCOc1ccccc1N1CCN([C@@H](C)C(=O)NC(=O)NC(C)(C)C)CC1. The summed E-state index contributed by atoms with van der Waals surface area (Å²) in [6.07, 6.45) is 0. The molecule has 3 amide bonds. The number of urea groups is 1. The number of nitrogens with zero attached hydrogens (tertiary/aromatic N) is 2. The second kappa shape index (κ2) is 9.08. The van der Waals surface area contributed by atoms with E-state index >= 15 is 0 Å². The van der Waals surface area contributed by atoms with Gasteiger partial charge in [0.2, 0.25) is 5.91 Å². The minimum atomic E-state index is -0.455. The third-order valence-corrected chi connectivity index (χ3v) is 4.47. The average molecular weight is 377 g/mol. The summed E-state index contributed by atoms with van der Waals surface area (Å²) in [6.45, 7) is 13.2. The summed E-state index contributed by atoms with van der Waals surface area (Å²) in [5.74, 6) is 0.609. The van der Waals surface area contributed by atoms with E-state index in [9.17, 15) is 9.59 Å². The summed E-state index contributed by atoms with van der Waals surface area (Å²) in [7, 11) is 0. The molecule has 1 aliphatic heterocycles. The molecule has 2 rings (SSSR count). The van der Waals surface area contributed by atoms with Crippen LogP contribution in [-0.2, 0) is 4.79 Å². The highest BCUT2D eigenvalue weighted by molar-refractivity contribution is 5.97. The Labute approximate surface area is 162 Å². The molecule has 27 heavy (non-hydrogen) atoms. The smallest absolute Gasteiger partial charge is 0.321 e. The molecule has 1 heterocycles. The number of rotatable bonds is 5. The molecule has 150 valence electrons. The van der Waals surface area contributed by atoms with Crippen molar-refractivity contribution in [1.82, 2.24) is 15.5 Å². The topological polar surface area (TPSA) is 73.9 Å². The molecule has 0 radical (unpaired) electrons. The number of nitrogens with one attached hydrogen (secondary N) is 2. The fourth-order valence-electron chi connectivity index (χ4n) is 3.10. The molecular weight excluding hydrogens is 344 g/mol. The van der Waals surface area contributed by atoms with Crippen LogP contribution in [0, 0.1) is 0 Å². The van der Waals surface area contributed by atoms with Crippen molar-refractivity contribution < 1.29 is 14.3 Å².